The molecule has 0 aliphatic carbocycles. The second-order valence-corrected chi connectivity index (χ2v) is 7.51. The van der Waals surface area contributed by atoms with Crippen molar-refractivity contribution in [1.29, 1.82) is 0 Å². The Morgan fingerprint density at radius 2 is 2.24 bits per heavy atom. The number of nitrogens with one attached hydrogen (secondary N) is 1. The number of aliphatic carboxylic acids is 1. The molecule has 0 spiro atoms. The molecule has 21 heavy (non-hydrogen) atoms. The Morgan fingerprint density at radius 3 is 2.76 bits per heavy atom. The highest BCUT2D eigenvalue weighted by Gasteiger charge is 2.34. The van der Waals surface area contributed by atoms with E-state index >= 15 is 0 Å². The van der Waals surface area contributed by atoms with Crippen LogP contribution in [0.5, 0.6) is 5.75 Å². The van der Waals surface area contributed by atoms with Crippen LogP contribution in [-0.2, 0) is 15.5 Å². The minimum absolute atomic E-state index is 0.169. The zero-order valence-corrected chi connectivity index (χ0v) is 12.8. The molecule has 1 aliphatic rings. The lowest BCUT2D eigenvalue weighted by atomic mass is 10.1. The molecule has 0 aromatic carbocycles. The zero-order chi connectivity index (χ0) is 15.8. The highest BCUT2D eigenvalue weighted by molar-refractivity contribution is 7.99. The molecule has 2 rings (SSSR count). The molecule has 116 valence electrons. The summed E-state index contributed by atoms with van der Waals surface area (Å²) in [6.07, 6.45) is 0.749. The van der Waals surface area contributed by atoms with Gasteiger partial charge in [0.1, 0.15) is 11.8 Å². The second kappa shape index (κ2) is 5.94. The topological polar surface area (TPSA) is 140 Å². The Labute approximate surface area is 124 Å². The van der Waals surface area contributed by atoms with Crippen molar-refractivity contribution in [3.63, 3.8) is 0 Å². The summed E-state index contributed by atoms with van der Waals surface area (Å²) in [4.78, 5) is 33.1. The standard InChI is InChI=1S/C11H15N2O6PS/c1-5-9(14)8(6(2-12-5)3-20(17,18)19)10-13-7(4-21-10)11(15)16/h2,7,10,13-14H,3-4H2,1H3,(H,15,16)(H2,17,18,19). The number of rotatable bonds is 4. The maximum Gasteiger partial charge on any atom is 0.329 e. The molecule has 1 aliphatic heterocycles. The van der Waals surface area contributed by atoms with Gasteiger partial charge < -0.3 is 20.0 Å². The van der Waals surface area contributed by atoms with E-state index in [4.69, 9.17) is 14.9 Å². The summed E-state index contributed by atoms with van der Waals surface area (Å²) >= 11 is 1.26. The van der Waals surface area contributed by atoms with Crippen LogP contribution in [-0.4, -0.2) is 42.7 Å². The third-order valence-corrected chi connectivity index (χ3v) is 5.06. The van der Waals surface area contributed by atoms with E-state index < -0.39 is 31.1 Å². The van der Waals surface area contributed by atoms with Crippen LogP contribution in [0, 0.1) is 6.92 Å². The van der Waals surface area contributed by atoms with Crippen LogP contribution < -0.4 is 5.32 Å². The van der Waals surface area contributed by atoms with Gasteiger partial charge in [-0.2, -0.15) is 0 Å². The monoisotopic (exact) mass is 334 g/mol. The maximum atomic E-state index is 11.2. The van der Waals surface area contributed by atoms with Gasteiger partial charge in [0.25, 0.3) is 0 Å². The van der Waals surface area contributed by atoms with E-state index in [0.29, 0.717) is 17.0 Å². The lowest BCUT2D eigenvalue weighted by Crippen LogP contribution is -2.34. The average Bonchev–Trinajstić information content (AvgIpc) is 2.82. The number of aromatic nitrogens is 1. The van der Waals surface area contributed by atoms with Gasteiger partial charge in [0.15, 0.2) is 0 Å². The smallest absolute Gasteiger partial charge is 0.329 e. The number of hydrogen-bond acceptors (Lipinski definition) is 6. The molecular weight excluding hydrogens is 319 g/mol. The molecule has 2 atom stereocenters. The summed E-state index contributed by atoms with van der Waals surface area (Å²) in [6.45, 7) is 1.56. The Bertz CT molecular complexity index is 619. The largest absolute Gasteiger partial charge is 0.506 e. The predicted octanol–water partition coefficient (Wildman–Crippen LogP) is 0.562. The number of carboxylic acid groups (broad SMARTS) is 1. The molecule has 0 radical (unpaired) electrons. The van der Waals surface area contributed by atoms with Crippen LogP contribution in [0.1, 0.15) is 22.2 Å². The molecule has 1 fully saturated rings. The van der Waals surface area contributed by atoms with Crippen LogP contribution >= 0.6 is 19.4 Å². The summed E-state index contributed by atoms with van der Waals surface area (Å²) in [7, 11) is -4.33. The number of thioether (sulfide) groups is 1. The minimum Gasteiger partial charge on any atom is -0.506 e. The first-order valence-corrected chi connectivity index (χ1v) is 8.86. The summed E-state index contributed by atoms with van der Waals surface area (Å²) in [5.41, 5.74) is 0.822. The number of carboxylic acids is 1. The fraction of sp³-hybridized carbons (Fsp3) is 0.455. The number of aromatic hydroxyl groups is 1. The molecule has 1 saturated heterocycles. The fourth-order valence-corrected chi connectivity index (χ4v) is 4.08. The molecule has 0 bridgehead atoms. The van der Waals surface area contributed by atoms with Crippen LogP contribution in [0.2, 0.25) is 0 Å². The summed E-state index contributed by atoms with van der Waals surface area (Å²) in [5, 5.41) is 21.4. The molecule has 2 unspecified atom stereocenters. The Balaban J connectivity index is 2.39. The van der Waals surface area contributed by atoms with Gasteiger partial charge in [-0.05, 0) is 12.5 Å². The first-order valence-electron chi connectivity index (χ1n) is 6.01. The minimum atomic E-state index is -4.33. The van der Waals surface area contributed by atoms with E-state index in [-0.39, 0.29) is 11.3 Å². The number of aryl methyl sites for hydroxylation is 1. The molecule has 8 nitrogen and oxygen atoms in total. The molecule has 0 saturated carbocycles. The Morgan fingerprint density at radius 1 is 1.57 bits per heavy atom. The van der Waals surface area contributed by atoms with E-state index in [9.17, 15) is 14.5 Å². The van der Waals surface area contributed by atoms with Crippen LogP contribution in [0.15, 0.2) is 6.20 Å². The van der Waals surface area contributed by atoms with Crippen molar-refractivity contribution in [2.24, 2.45) is 0 Å². The first kappa shape index (κ1) is 16.3. The molecule has 5 N–H and O–H groups in total. The Kier molecular flexibility index (Phi) is 4.60. The summed E-state index contributed by atoms with van der Waals surface area (Å²) in [6, 6.07) is -0.768. The molecule has 1 aromatic heterocycles. The van der Waals surface area contributed by atoms with E-state index in [0.717, 1.165) is 0 Å². The first-order chi connectivity index (χ1) is 9.69. The van der Waals surface area contributed by atoms with Crippen molar-refractivity contribution >= 4 is 25.3 Å². The normalized spacial score (nSPS) is 22.4. The number of pyridine rings is 1. The van der Waals surface area contributed by atoms with Gasteiger partial charge in [-0.15, -0.1) is 11.8 Å². The zero-order valence-electron chi connectivity index (χ0n) is 11.1. The molecule has 2 heterocycles. The van der Waals surface area contributed by atoms with Crippen molar-refractivity contribution in [2.45, 2.75) is 24.5 Å². The number of nitrogens with zero attached hydrogens (tertiary/aromatic N) is 1. The van der Waals surface area contributed by atoms with Gasteiger partial charge >= 0.3 is 13.6 Å². The van der Waals surface area contributed by atoms with Gasteiger partial charge in [0.2, 0.25) is 0 Å². The van der Waals surface area contributed by atoms with E-state index in [1.807, 2.05) is 0 Å². The van der Waals surface area contributed by atoms with Crippen LogP contribution in [0.25, 0.3) is 0 Å². The highest BCUT2D eigenvalue weighted by atomic mass is 32.2. The van der Waals surface area contributed by atoms with Gasteiger partial charge in [0, 0.05) is 17.5 Å². The predicted molar refractivity (Wildman–Crippen MR) is 76.1 cm³/mol. The molecule has 1 aromatic rings. The maximum absolute atomic E-state index is 11.2. The second-order valence-electron chi connectivity index (χ2n) is 4.72. The van der Waals surface area contributed by atoms with Gasteiger partial charge in [0.05, 0.1) is 17.2 Å². The Hall–Kier alpha value is -1.12. The van der Waals surface area contributed by atoms with Gasteiger partial charge in [-0.3, -0.25) is 19.7 Å². The summed E-state index contributed by atoms with van der Waals surface area (Å²) in [5.74, 6) is -0.875. The third kappa shape index (κ3) is 3.75. The summed E-state index contributed by atoms with van der Waals surface area (Å²) < 4.78 is 11.2. The molecular formula is C11H15N2O6PS. The van der Waals surface area contributed by atoms with E-state index in [2.05, 4.69) is 10.3 Å². The lowest BCUT2D eigenvalue weighted by Gasteiger charge is -2.18. The molecule has 0 amide bonds. The van der Waals surface area contributed by atoms with E-state index in [1.165, 1.54) is 18.0 Å². The molecule has 10 heteroatoms. The van der Waals surface area contributed by atoms with Crippen molar-refractivity contribution in [2.75, 3.05) is 5.75 Å². The number of carbonyl (C=O) groups is 1. The van der Waals surface area contributed by atoms with Crippen molar-refractivity contribution < 1.29 is 29.4 Å². The van der Waals surface area contributed by atoms with E-state index in [1.54, 1.807) is 6.92 Å². The highest BCUT2D eigenvalue weighted by Crippen LogP contribution is 2.46. The third-order valence-electron chi connectivity index (χ3n) is 3.08. The average molecular weight is 334 g/mol. The van der Waals surface area contributed by atoms with Crippen LogP contribution in [0.4, 0.5) is 0 Å². The van der Waals surface area contributed by atoms with Crippen molar-refractivity contribution in [1.82, 2.24) is 10.3 Å². The van der Waals surface area contributed by atoms with Crippen LogP contribution in [0.3, 0.4) is 0 Å². The fourth-order valence-electron chi connectivity index (χ4n) is 2.07. The van der Waals surface area contributed by atoms with Gasteiger partial charge in [-0.25, -0.2) is 0 Å². The SMILES string of the molecule is Cc1ncc(CP(=O)(O)O)c(C2NC(C(=O)O)CS2)c1O. The van der Waals surface area contributed by atoms with Crippen molar-refractivity contribution in [3.8, 4) is 5.75 Å². The number of hydrogen-bond donors (Lipinski definition) is 5. The van der Waals surface area contributed by atoms with Gasteiger partial charge in [-0.1, -0.05) is 0 Å². The van der Waals surface area contributed by atoms with Crippen molar-refractivity contribution in [3.05, 3.63) is 23.0 Å². The quantitative estimate of drug-likeness (QED) is 0.500. The lowest BCUT2D eigenvalue weighted by molar-refractivity contribution is -0.138.